The van der Waals surface area contributed by atoms with Gasteiger partial charge in [-0.2, -0.15) is 5.10 Å². The standard InChI is InChI=1S/C57H70F2N10O6/c58-41-34-40(35-42(59)37-41)33-39-11-18-49-48(36-39)55(65-64-49)63-56(73)47-17-16-46(38-51(47)61-44-21-31-75-32-22-44)67-25-29-69(30-26-67)54(72)10-8-6-4-2-1-3-5-7-9-53(71)68-27-23-66(24-28-68)45-14-12-43(13-15-45)60-50-19-20-52(70)62-57(50)74/h11-18,34-38,44,50,60-61H,1-10,19-33H2,(H,62,70,74)(H2,63,64,65,73). The molecule has 398 valence electrons. The molecule has 4 aromatic carbocycles. The zero-order chi connectivity index (χ0) is 52.1. The van der Waals surface area contributed by atoms with Crippen molar-refractivity contribution in [3.05, 3.63) is 107 Å². The summed E-state index contributed by atoms with van der Waals surface area (Å²) in [6.45, 7) is 6.87. The number of halogens is 2. The third-order valence-corrected chi connectivity index (χ3v) is 15.0. The summed E-state index contributed by atoms with van der Waals surface area (Å²) < 4.78 is 33.4. The van der Waals surface area contributed by atoms with Crippen molar-refractivity contribution in [3.8, 4) is 0 Å². The van der Waals surface area contributed by atoms with Crippen LogP contribution >= 0.6 is 0 Å². The number of carbonyl (C=O) groups excluding carboxylic acids is 5. The summed E-state index contributed by atoms with van der Waals surface area (Å²) in [5, 5.41) is 20.3. The van der Waals surface area contributed by atoms with E-state index in [1.165, 1.54) is 12.1 Å². The second-order valence-corrected chi connectivity index (χ2v) is 20.4. The van der Waals surface area contributed by atoms with Gasteiger partial charge in [-0.1, -0.05) is 44.6 Å². The van der Waals surface area contributed by atoms with Crippen molar-refractivity contribution >= 4 is 69.0 Å². The number of imide groups is 1. The number of H-pyrrole nitrogens is 1. The van der Waals surface area contributed by atoms with Crippen LogP contribution in [0.5, 0.6) is 0 Å². The van der Waals surface area contributed by atoms with Crippen molar-refractivity contribution in [1.82, 2.24) is 25.3 Å². The largest absolute Gasteiger partial charge is 0.381 e. The Bertz CT molecular complexity index is 2770. The second kappa shape index (κ2) is 25.4. The Kier molecular flexibility index (Phi) is 17.9. The fraction of sp³-hybridized carbons (Fsp3) is 0.474. The van der Waals surface area contributed by atoms with Gasteiger partial charge < -0.3 is 40.3 Å². The zero-order valence-corrected chi connectivity index (χ0v) is 42.8. The minimum absolute atomic E-state index is 0.137. The second-order valence-electron chi connectivity index (χ2n) is 20.4. The van der Waals surface area contributed by atoms with Crippen molar-refractivity contribution in [2.45, 2.75) is 108 Å². The van der Waals surface area contributed by atoms with Crippen LogP contribution in [0.1, 0.15) is 111 Å². The van der Waals surface area contributed by atoms with Crippen molar-refractivity contribution in [2.24, 2.45) is 0 Å². The smallest absolute Gasteiger partial charge is 0.258 e. The van der Waals surface area contributed by atoms with Crippen molar-refractivity contribution in [1.29, 1.82) is 0 Å². The molecule has 1 unspecified atom stereocenters. The van der Waals surface area contributed by atoms with E-state index in [-0.39, 0.29) is 35.6 Å². The number of unbranched alkanes of at least 4 members (excludes halogenated alkanes) is 7. The van der Waals surface area contributed by atoms with E-state index in [0.717, 1.165) is 106 Å². The van der Waals surface area contributed by atoms with Gasteiger partial charge in [0, 0.05) is 125 Å². The van der Waals surface area contributed by atoms with E-state index in [2.05, 4.69) is 41.3 Å². The first kappa shape index (κ1) is 52.8. The van der Waals surface area contributed by atoms with Crippen LogP contribution in [-0.2, 0) is 30.3 Å². The summed E-state index contributed by atoms with van der Waals surface area (Å²) >= 11 is 0. The Labute approximate surface area is 437 Å². The van der Waals surface area contributed by atoms with Gasteiger partial charge in [0.1, 0.15) is 17.7 Å². The van der Waals surface area contributed by atoms with Gasteiger partial charge >= 0.3 is 0 Å². The number of aromatic nitrogens is 2. The van der Waals surface area contributed by atoms with E-state index in [9.17, 15) is 32.8 Å². The number of amides is 5. The molecule has 9 rings (SSSR count). The van der Waals surface area contributed by atoms with E-state index >= 15 is 0 Å². The molecule has 0 bridgehead atoms. The molecule has 1 atom stereocenters. The number of ether oxygens (including phenoxy) is 1. The molecule has 5 aromatic rings. The predicted octanol–water partition coefficient (Wildman–Crippen LogP) is 8.39. The number of rotatable bonds is 21. The summed E-state index contributed by atoms with van der Waals surface area (Å²) in [6.07, 6.45) is 12.2. The molecule has 4 aliphatic rings. The first-order chi connectivity index (χ1) is 36.5. The van der Waals surface area contributed by atoms with Gasteiger partial charge in [-0.05, 0) is 116 Å². The molecule has 0 saturated carbocycles. The SMILES string of the molecule is O=C1CCC(Nc2ccc(N3CCN(C(=O)CCCCCCCCCCC(=O)N4CCN(c5ccc(C(=O)Nc6n[nH]c7ccc(Cc8cc(F)cc(F)c8)cc67)c(NC6CCOCC6)c5)CC4)CC3)cc2)C(=O)N1. The zero-order valence-electron chi connectivity index (χ0n) is 42.8. The summed E-state index contributed by atoms with van der Waals surface area (Å²) in [4.78, 5) is 72.3. The van der Waals surface area contributed by atoms with E-state index < -0.39 is 17.7 Å². The number of hydrogen-bond donors (Lipinski definition) is 5. The Hall–Kier alpha value is -7.08. The molecular formula is C57H70F2N10O6. The highest BCUT2D eigenvalue weighted by Crippen LogP contribution is 2.30. The van der Waals surface area contributed by atoms with Crippen LogP contribution in [0, 0.1) is 11.6 Å². The number of aromatic amines is 1. The third kappa shape index (κ3) is 14.4. The first-order valence-electron chi connectivity index (χ1n) is 27.0. The molecule has 4 aliphatic heterocycles. The summed E-state index contributed by atoms with van der Waals surface area (Å²) in [7, 11) is 0. The number of nitrogens with one attached hydrogen (secondary N) is 5. The molecule has 4 saturated heterocycles. The monoisotopic (exact) mass is 1030 g/mol. The normalized spacial score (nSPS) is 17.5. The van der Waals surface area contributed by atoms with Gasteiger partial charge in [0.05, 0.1) is 11.1 Å². The van der Waals surface area contributed by atoms with Gasteiger partial charge in [0.2, 0.25) is 23.6 Å². The predicted molar refractivity (Wildman–Crippen MR) is 287 cm³/mol. The summed E-state index contributed by atoms with van der Waals surface area (Å²) in [5.41, 5.74) is 6.11. The lowest BCUT2D eigenvalue weighted by molar-refractivity contribution is -0.134. The highest BCUT2D eigenvalue weighted by atomic mass is 19.1. The summed E-state index contributed by atoms with van der Waals surface area (Å²) in [6, 6.07) is 22.6. The van der Waals surface area contributed by atoms with Crippen LogP contribution in [-0.4, -0.2) is 127 Å². The Morgan fingerprint density at radius 1 is 0.640 bits per heavy atom. The van der Waals surface area contributed by atoms with Crippen LogP contribution < -0.4 is 31.1 Å². The lowest BCUT2D eigenvalue weighted by atomic mass is 10.0. The highest BCUT2D eigenvalue weighted by molar-refractivity contribution is 6.11. The average Bonchev–Trinajstić information content (AvgIpc) is 3.81. The maximum absolute atomic E-state index is 14.0. The van der Waals surface area contributed by atoms with Gasteiger partial charge in [0.25, 0.3) is 5.91 Å². The number of nitrogens with zero attached hydrogens (tertiary/aromatic N) is 5. The molecule has 75 heavy (non-hydrogen) atoms. The van der Waals surface area contributed by atoms with Crippen LogP contribution in [0.3, 0.4) is 0 Å². The Balaban J connectivity index is 0.652. The fourth-order valence-corrected chi connectivity index (χ4v) is 10.7. The minimum Gasteiger partial charge on any atom is -0.381 e. The van der Waals surface area contributed by atoms with E-state index in [1.54, 1.807) is 0 Å². The van der Waals surface area contributed by atoms with Gasteiger partial charge in [-0.3, -0.25) is 34.4 Å². The van der Waals surface area contributed by atoms with Gasteiger partial charge in [-0.25, -0.2) is 8.78 Å². The summed E-state index contributed by atoms with van der Waals surface area (Å²) in [5.74, 6) is -1.32. The molecule has 5 amide bonds. The highest BCUT2D eigenvalue weighted by Gasteiger charge is 2.28. The number of piperidine rings is 1. The van der Waals surface area contributed by atoms with Crippen LogP contribution in [0.2, 0.25) is 0 Å². The molecule has 0 radical (unpaired) electrons. The Morgan fingerprint density at radius 2 is 1.24 bits per heavy atom. The van der Waals surface area contributed by atoms with Gasteiger partial charge in [0.15, 0.2) is 5.82 Å². The lowest BCUT2D eigenvalue weighted by Crippen LogP contribution is -2.48. The number of benzene rings is 4. The maximum atomic E-state index is 14.0. The molecule has 5 heterocycles. The molecule has 5 N–H and O–H groups in total. The van der Waals surface area contributed by atoms with Crippen LogP contribution in [0.15, 0.2) is 78.9 Å². The lowest BCUT2D eigenvalue weighted by Gasteiger charge is -2.36. The molecular weight excluding hydrogens is 959 g/mol. The number of piperazine rings is 2. The molecule has 0 aliphatic carbocycles. The van der Waals surface area contributed by atoms with E-state index in [1.807, 2.05) is 70.5 Å². The third-order valence-electron chi connectivity index (χ3n) is 15.0. The van der Waals surface area contributed by atoms with Crippen molar-refractivity contribution in [3.63, 3.8) is 0 Å². The molecule has 4 fully saturated rings. The average molecular weight is 1030 g/mol. The molecule has 16 nitrogen and oxygen atoms in total. The molecule has 0 spiro atoms. The Morgan fingerprint density at radius 3 is 1.87 bits per heavy atom. The van der Waals surface area contributed by atoms with E-state index in [4.69, 9.17) is 4.74 Å². The first-order valence-corrected chi connectivity index (χ1v) is 27.0. The van der Waals surface area contributed by atoms with Crippen LogP contribution in [0.25, 0.3) is 10.9 Å². The molecule has 18 heteroatoms. The van der Waals surface area contributed by atoms with Gasteiger partial charge in [-0.15, -0.1) is 0 Å². The van der Waals surface area contributed by atoms with Crippen LogP contribution in [0.4, 0.5) is 37.3 Å². The number of carbonyl (C=O) groups is 5. The topological polar surface area (TPSA) is 184 Å². The molecule has 1 aromatic heterocycles. The quantitative estimate of drug-likeness (QED) is 0.0352. The number of anilines is 5. The fourth-order valence-electron chi connectivity index (χ4n) is 10.7. The van der Waals surface area contributed by atoms with Crippen molar-refractivity contribution in [2.75, 3.05) is 91.3 Å². The maximum Gasteiger partial charge on any atom is 0.258 e. The minimum atomic E-state index is -0.633. The number of fused-ring (bicyclic) bond motifs is 1. The van der Waals surface area contributed by atoms with Crippen molar-refractivity contribution < 1.29 is 37.5 Å². The van der Waals surface area contributed by atoms with E-state index in [0.29, 0.717) is 118 Å². The number of hydrogen-bond acceptors (Lipinski definition) is 11.